The molecule has 17 heavy (non-hydrogen) atoms. The summed E-state index contributed by atoms with van der Waals surface area (Å²) < 4.78 is 0. The van der Waals surface area contributed by atoms with E-state index in [0.717, 1.165) is 25.0 Å². The molecule has 0 aromatic carbocycles. The predicted octanol–water partition coefficient (Wildman–Crippen LogP) is 2.85. The quantitative estimate of drug-likeness (QED) is 0.674. The number of hydrogen-bond donors (Lipinski definition) is 2. The summed E-state index contributed by atoms with van der Waals surface area (Å²) in [6.45, 7) is 0. The molecule has 2 amide bonds. The third-order valence-corrected chi connectivity index (χ3v) is 3.62. The number of carbonyl (C=O) groups excluding carboxylic acids is 1. The second kappa shape index (κ2) is 5.84. The van der Waals surface area contributed by atoms with Gasteiger partial charge >= 0.3 is 6.03 Å². The first kappa shape index (κ1) is 12.1. The smallest absolute Gasteiger partial charge is 0.332 e. The number of carbonyl (C=O) groups is 1. The Bertz CT molecular complexity index is 350. The molecule has 0 aromatic heterocycles. The van der Waals surface area contributed by atoms with Crippen LogP contribution >= 0.6 is 0 Å². The number of allylic oxidation sites excluding steroid dienone is 2. The highest BCUT2D eigenvalue weighted by Crippen LogP contribution is 2.32. The van der Waals surface area contributed by atoms with Crippen LogP contribution in [0.4, 0.5) is 4.79 Å². The molecule has 0 aromatic rings. The van der Waals surface area contributed by atoms with Crippen molar-refractivity contribution in [3.8, 4) is 0 Å². The number of nitrogens with zero attached hydrogens (tertiary/aromatic N) is 1. The first-order valence-electron chi connectivity index (χ1n) is 6.60. The maximum Gasteiger partial charge on any atom is 0.332 e. The van der Waals surface area contributed by atoms with E-state index in [1.807, 2.05) is 0 Å². The molecule has 2 rings (SSSR count). The van der Waals surface area contributed by atoms with E-state index < -0.39 is 6.03 Å². The van der Waals surface area contributed by atoms with Crippen molar-refractivity contribution in [2.45, 2.75) is 57.8 Å². The fourth-order valence-electron chi connectivity index (χ4n) is 2.80. The summed E-state index contributed by atoms with van der Waals surface area (Å²) in [6, 6.07) is -0.573. The minimum atomic E-state index is -0.573. The van der Waals surface area contributed by atoms with E-state index in [4.69, 9.17) is 5.73 Å². The van der Waals surface area contributed by atoms with Gasteiger partial charge in [-0.05, 0) is 56.9 Å². The molecule has 0 spiro atoms. The Hall–Kier alpha value is -1.32. The predicted molar refractivity (Wildman–Crippen MR) is 68.7 cm³/mol. The third kappa shape index (κ3) is 3.32. The number of nitrogens with one attached hydrogen (secondary N) is 1. The molecule has 0 atom stereocenters. The number of amides is 2. The van der Waals surface area contributed by atoms with Crippen molar-refractivity contribution in [2.24, 2.45) is 10.8 Å². The summed E-state index contributed by atoms with van der Waals surface area (Å²) in [5.41, 5.74) is 11.5. The molecule has 0 radical (unpaired) electrons. The minimum Gasteiger partial charge on any atom is -0.350 e. The molecule has 2 saturated carbocycles. The van der Waals surface area contributed by atoms with Crippen molar-refractivity contribution in [3.63, 3.8) is 0 Å². The van der Waals surface area contributed by atoms with Crippen LogP contribution in [0.2, 0.25) is 0 Å². The standard InChI is InChI=1S/C13H21N3O/c14-13(17)16-15-12-9-5-4-8-11(12)10-6-2-1-3-7-10/h1-9H2,(H3,14,16,17)/b15-12-. The zero-order chi connectivity index (χ0) is 12.1. The summed E-state index contributed by atoms with van der Waals surface area (Å²) >= 11 is 0. The van der Waals surface area contributed by atoms with Crippen molar-refractivity contribution in [1.82, 2.24) is 5.43 Å². The highest BCUT2D eigenvalue weighted by molar-refractivity contribution is 6.01. The number of nitrogens with two attached hydrogens (primary N) is 1. The van der Waals surface area contributed by atoms with Crippen molar-refractivity contribution in [3.05, 3.63) is 11.1 Å². The van der Waals surface area contributed by atoms with Crippen molar-refractivity contribution < 1.29 is 4.79 Å². The van der Waals surface area contributed by atoms with E-state index in [1.54, 1.807) is 5.57 Å². The van der Waals surface area contributed by atoms with Crippen LogP contribution in [0.1, 0.15) is 57.8 Å². The van der Waals surface area contributed by atoms with E-state index in [0.29, 0.717) is 0 Å². The number of primary amides is 1. The van der Waals surface area contributed by atoms with Gasteiger partial charge in [-0.15, -0.1) is 0 Å². The molecule has 2 aliphatic rings. The SMILES string of the molecule is NC(=O)N/N=C1/CCCCC1=C1CCCCC1. The van der Waals surface area contributed by atoms with Gasteiger partial charge in [-0.2, -0.15) is 5.10 Å². The zero-order valence-corrected chi connectivity index (χ0v) is 10.3. The Labute approximate surface area is 102 Å². The number of urea groups is 1. The van der Waals surface area contributed by atoms with E-state index in [9.17, 15) is 4.79 Å². The molecule has 94 valence electrons. The highest BCUT2D eigenvalue weighted by Gasteiger charge is 2.19. The first-order valence-corrected chi connectivity index (χ1v) is 6.60. The maximum absolute atomic E-state index is 10.7. The van der Waals surface area contributed by atoms with Crippen LogP contribution < -0.4 is 11.2 Å². The van der Waals surface area contributed by atoms with Gasteiger partial charge in [0, 0.05) is 0 Å². The van der Waals surface area contributed by atoms with Crippen LogP contribution in [0, 0.1) is 0 Å². The molecule has 0 heterocycles. The average Bonchev–Trinajstić information content (AvgIpc) is 2.38. The number of hydrogen-bond acceptors (Lipinski definition) is 2. The molecular weight excluding hydrogens is 214 g/mol. The molecule has 0 aliphatic heterocycles. The van der Waals surface area contributed by atoms with Gasteiger partial charge in [0.15, 0.2) is 0 Å². The van der Waals surface area contributed by atoms with Gasteiger partial charge in [0.2, 0.25) is 0 Å². The maximum atomic E-state index is 10.7. The summed E-state index contributed by atoms with van der Waals surface area (Å²) in [7, 11) is 0. The van der Waals surface area contributed by atoms with E-state index in [-0.39, 0.29) is 0 Å². The topological polar surface area (TPSA) is 67.5 Å². The normalized spacial score (nSPS) is 23.9. The molecule has 0 bridgehead atoms. The average molecular weight is 235 g/mol. The summed E-state index contributed by atoms with van der Waals surface area (Å²) in [6.07, 6.45) is 10.9. The molecule has 2 aliphatic carbocycles. The van der Waals surface area contributed by atoms with Crippen molar-refractivity contribution in [2.75, 3.05) is 0 Å². The second-order valence-electron chi connectivity index (χ2n) is 4.88. The van der Waals surface area contributed by atoms with Gasteiger partial charge in [-0.3, -0.25) is 0 Å². The Morgan fingerprint density at radius 1 is 1.00 bits per heavy atom. The Balaban J connectivity index is 2.16. The van der Waals surface area contributed by atoms with Gasteiger partial charge in [-0.25, -0.2) is 10.2 Å². The molecule has 3 N–H and O–H groups in total. The lowest BCUT2D eigenvalue weighted by atomic mass is 9.83. The van der Waals surface area contributed by atoms with Crippen LogP contribution in [0.15, 0.2) is 16.2 Å². The van der Waals surface area contributed by atoms with E-state index >= 15 is 0 Å². The van der Waals surface area contributed by atoms with E-state index in [1.165, 1.54) is 44.1 Å². The van der Waals surface area contributed by atoms with Gasteiger partial charge in [0.05, 0.1) is 5.71 Å². The number of hydrazone groups is 1. The van der Waals surface area contributed by atoms with Crippen LogP contribution in [-0.4, -0.2) is 11.7 Å². The summed E-state index contributed by atoms with van der Waals surface area (Å²) in [4.78, 5) is 10.7. The van der Waals surface area contributed by atoms with Crippen molar-refractivity contribution in [1.29, 1.82) is 0 Å². The van der Waals surface area contributed by atoms with Crippen LogP contribution in [0.3, 0.4) is 0 Å². The van der Waals surface area contributed by atoms with Gasteiger partial charge < -0.3 is 5.73 Å². The van der Waals surface area contributed by atoms with Crippen molar-refractivity contribution >= 4 is 11.7 Å². The van der Waals surface area contributed by atoms with Crippen LogP contribution in [0.5, 0.6) is 0 Å². The van der Waals surface area contributed by atoms with E-state index in [2.05, 4.69) is 10.5 Å². The second-order valence-corrected chi connectivity index (χ2v) is 4.88. The lowest BCUT2D eigenvalue weighted by Crippen LogP contribution is -2.27. The molecule has 0 saturated heterocycles. The third-order valence-electron chi connectivity index (χ3n) is 3.62. The van der Waals surface area contributed by atoms with Crippen LogP contribution in [0.25, 0.3) is 0 Å². The van der Waals surface area contributed by atoms with Gasteiger partial charge in [0.1, 0.15) is 0 Å². The highest BCUT2D eigenvalue weighted by atomic mass is 16.2. The monoisotopic (exact) mass is 235 g/mol. The van der Waals surface area contributed by atoms with Crippen LogP contribution in [-0.2, 0) is 0 Å². The first-order chi connectivity index (χ1) is 8.27. The Morgan fingerprint density at radius 3 is 2.35 bits per heavy atom. The van der Waals surface area contributed by atoms with Gasteiger partial charge in [0.25, 0.3) is 0 Å². The fourth-order valence-corrected chi connectivity index (χ4v) is 2.80. The lowest BCUT2D eigenvalue weighted by molar-refractivity contribution is 0.249. The molecule has 0 unspecified atom stereocenters. The largest absolute Gasteiger partial charge is 0.350 e. The fraction of sp³-hybridized carbons (Fsp3) is 0.692. The summed E-state index contributed by atoms with van der Waals surface area (Å²) in [5, 5.41) is 4.17. The number of rotatable bonds is 1. The molecule has 4 nitrogen and oxygen atoms in total. The molecule has 4 heteroatoms. The molecular formula is C13H21N3O. The molecule has 2 fully saturated rings. The zero-order valence-electron chi connectivity index (χ0n) is 10.3. The lowest BCUT2D eigenvalue weighted by Gasteiger charge is -2.23. The Morgan fingerprint density at radius 2 is 1.65 bits per heavy atom. The van der Waals surface area contributed by atoms with Gasteiger partial charge in [-0.1, -0.05) is 12.0 Å². The minimum absolute atomic E-state index is 0.573. The summed E-state index contributed by atoms with van der Waals surface area (Å²) in [5.74, 6) is 0. The Kier molecular flexibility index (Phi) is 4.18.